The number of halogens is 2. The third-order valence-electron chi connectivity index (χ3n) is 2.56. The second kappa shape index (κ2) is 7.84. The highest BCUT2D eigenvalue weighted by Gasteiger charge is 2.18. The van der Waals surface area contributed by atoms with E-state index in [-0.39, 0.29) is 23.4 Å². The molecule has 0 aromatic heterocycles. The molecule has 0 fully saturated rings. The van der Waals surface area contributed by atoms with Crippen LogP contribution in [0.5, 0.6) is 0 Å². The van der Waals surface area contributed by atoms with Crippen LogP contribution in [0.25, 0.3) is 0 Å². The lowest BCUT2D eigenvalue weighted by Crippen LogP contribution is -2.29. The molecule has 4 nitrogen and oxygen atoms in total. The molecule has 0 aliphatic rings. The Balaban J connectivity index is 2.78. The summed E-state index contributed by atoms with van der Waals surface area (Å²) in [4.78, 5) is 24.7. The number of hydrogen-bond acceptors (Lipinski definition) is 4. The Kier molecular flexibility index (Phi) is 6.44. The van der Waals surface area contributed by atoms with Gasteiger partial charge in [-0.05, 0) is 12.1 Å². The van der Waals surface area contributed by atoms with E-state index >= 15 is 0 Å². The summed E-state index contributed by atoms with van der Waals surface area (Å²) < 4.78 is 29.4. The van der Waals surface area contributed by atoms with Crippen molar-refractivity contribution in [3.63, 3.8) is 0 Å². The molecule has 0 heterocycles. The summed E-state index contributed by atoms with van der Waals surface area (Å²) in [6.45, 7) is 0.166. The maximum atomic E-state index is 12.4. The average Bonchev–Trinajstić information content (AvgIpc) is 2.43. The monoisotopic (exact) mass is 303 g/mol. The van der Waals surface area contributed by atoms with Crippen LogP contribution in [0.4, 0.5) is 8.78 Å². The predicted octanol–water partition coefficient (Wildman–Crippen LogP) is 2.64. The van der Waals surface area contributed by atoms with E-state index in [1.165, 1.54) is 31.2 Å². The second-order valence-electron chi connectivity index (χ2n) is 3.93. The Morgan fingerprint density at radius 2 is 2.00 bits per heavy atom. The van der Waals surface area contributed by atoms with Crippen LogP contribution in [-0.4, -0.2) is 43.2 Å². The van der Waals surface area contributed by atoms with E-state index in [1.54, 1.807) is 12.1 Å². The van der Waals surface area contributed by atoms with Gasteiger partial charge in [-0.1, -0.05) is 23.9 Å². The van der Waals surface area contributed by atoms with Gasteiger partial charge < -0.3 is 9.64 Å². The number of amides is 1. The number of carbonyl (C=O) groups is 2. The molecule has 1 rings (SSSR count). The molecule has 7 heteroatoms. The van der Waals surface area contributed by atoms with Gasteiger partial charge in [0.25, 0.3) is 11.7 Å². The summed E-state index contributed by atoms with van der Waals surface area (Å²) in [5.41, 5.74) is 0.199. The van der Waals surface area contributed by atoms with Gasteiger partial charge in [0.15, 0.2) is 0 Å². The van der Waals surface area contributed by atoms with Crippen molar-refractivity contribution in [2.75, 3.05) is 20.7 Å². The number of rotatable bonds is 6. The molecule has 0 spiro atoms. The topological polar surface area (TPSA) is 46.6 Å². The molecule has 110 valence electrons. The fourth-order valence-corrected chi connectivity index (χ4v) is 2.14. The second-order valence-corrected chi connectivity index (χ2v) is 4.96. The van der Waals surface area contributed by atoms with Crippen LogP contribution in [0.1, 0.15) is 16.8 Å². The molecule has 20 heavy (non-hydrogen) atoms. The van der Waals surface area contributed by atoms with E-state index in [2.05, 4.69) is 4.74 Å². The largest absolute Gasteiger partial charge is 0.469 e. The van der Waals surface area contributed by atoms with Crippen molar-refractivity contribution in [3.8, 4) is 0 Å². The molecule has 0 bridgehead atoms. The molecule has 0 N–H and O–H groups in total. The zero-order valence-electron chi connectivity index (χ0n) is 11.1. The first-order valence-electron chi connectivity index (χ1n) is 5.81. The normalized spacial score (nSPS) is 10.4. The standard InChI is InChI=1S/C13H15F2NO3S/c1-16(8-7-11(17)19-2)12(18)9-5-3-4-6-10(9)20-13(14)15/h3-6,13H,7-8H2,1-2H3. The fourth-order valence-electron chi connectivity index (χ4n) is 1.51. The van der Waals surface area contributed by atoms with Gasteiger partial charge in [-0.2, -0.15) is 8.78 Å². The van der Waals surface area contributed by atoms with Crippen molar-refractivity contribution in [3.05, 3.63) is 29.8 Å². The Bertz CT molecular complexity index is 482. The molecule has 0 radical (unpaired) electrons. The van der Waals surface area contributed by atoms with Gasteiger partial charge in [0.05, 0.1) is 19.1 Å². The number of ether oxygens (including phenoxy) is 1. The zero-order chi connectivity index (χ0) is 15.1. The number of alkyl halides is 2. The van der Waals surface area contributed by atoms with E-state index in [0.717, 1.165) is 0 Å². The van der Waals surface area contributed by atoms with E-state index in [9.17, 15) is 18.4 Å². The van der Waals surface area contributed by atoms with Gasteiger partial charge in [0, 0.05) is 18.5 Å². The third-order valence-corrected chi connectivity index (χ3v) is 3.35. The Morgan fingerprint density at radius 1 is 1.35 bits per heavy atom. The highest BCUT2D eigenvalue weighted by molar-refractivity contribution is 7.99. The first-order valence-corrected chi connectivity index (χ1v) is 6.69. The molecule has 1 aromatic rings. The van der Waals surface area contributed by atoms with Crippen LogP contribution in [-0.2, 0) is 9.53 Å². The van der Waals surface area contributed by atoms with Gasteiger partial charge in [-0.25, -0.2) is 0 Å². The van der Waals surface area contributed by atoms with Crippen molar-refractivity contribution in [1.29, 1.82) is 0 Å². The van der Waals surface area contributed by atoms with Crippen molar-refractivity contribution in [2.24, 2.45) is 0 Å². The molecular weight excluding hydrogens is 288 g/mol. The molecule has 0 unspecified atom stereocenters. The number of esters is 1. The van der Waals surface area contributed by atoms with Crippen LogP contribution in [0.15, 0.2) is 29.2 Å². The zero-order valence-corrected chi connectivity index (χ0v) is 12.0. The van der Waals surface area contributed by atoms with Crippen molar-refractivity contribution in [2.45, 2.75) is 17.1 Å². The number of methoxy groups -OCH3 is 1. The van der Waals surface area contributed by atoms with Crippen LogP contribution >= 0.6 is 11.8 Å². The van der Waals surface area contributed by atoms with Crippen LogP contribution in [0.2, 0.25) is 0 Å². The predicted molar refractivity (Wildman–Crippen MR) is 71.9 cm³/mol. The minimum absolute atomic E-state index is 0.0584. The Labute approximate surface area is 120 Å². The van der Waals surface area contributed by atoms with Crippen molar-refractivity contribution >= 4 is 23.6 Å². The molecule has 0 aliphatic heterocycles. The molecule has 0 saturated carbocycles. The lowest BCUT2D eigenvalue weighted by molar-refractivity contribution is -0.140. The SMILES string of the molecule is COC(=O)CCN(C)C(=O)c1ccccc1SC(F)F. The lowest BCUT2D eigenvalue weighted by Gasteiger charge is -2.18. The van der Waals surface area contributed by atoms with Crippen molar-refractivity contribution < 1.29 is 23.1 Å². The minimum atomic E-state index is -2.59. The smallest absolute Gasteiger partial charge is 0.307 e. The van der Waals surface area contributed by atoms with E-state index < -0.39 is 17.6 Å². The van der Waals surface area contributed by atoms with E-state index in [4.69, 9.17) is 0 Å². The van der Waals surface area contributed by atoms with Gasteiger partial charge in [-0.3, -0.25) is 9.59 Å². The molecule has 0 aliphatic carbocycles. The van der Waals surface area contributed by atoms with Gasteiger partial charge >= 0.3 is 5.97 Å². The summed E-state index contributed by atoms with van der Waals surface area (Å²) in [6.07, 6.45) is 0.0584. The van der Waals surface area contributed by atoms with Crippen LogP contribution in [0.3, 0.4) is 0 Å². The minimum Gasteiger partial charge on any atom is -0.469 e. The molecular formula is C13H15F2NO3S. The molecule has 1 amide bonds. The van der Waals surface area contributed by atoms with Gasteiger partial charge in [-0.15, -0.1) is 0 Å². The summed E-state index contributed by atoms with van der Waals surface area (Å²) in [7, 11) is 2.77. The maximum absolute atomic E-state index is 12.4. The highest BCUT2D eigenvalue weighted by Crippen LogP contribution is 2.28. The summed E-state index contributed by atoms with van der Waals surface area (Å²) >= 11 is 0.327. The number of thioether (sulfide) groups is 1. The number of hydrogen-bond donors (Lipinski definition) is 0. The third kappa shape index (κ3) is 4.80. The van der Waals surface area contributed by atoms with Gasteiger partial charge in [0.2, 0.25) is 0 Å². The first kappa shape index (κ1) is 16.4. The van der Waals surface area contributed by atoms with E-state index in [0.29, 0.717) is 11.8 Å². The first-order chi connectivity index (χ1) is 9.45. The summed E-state index contributed by atoms with van der Waals surface area (Å²) in [5.74, 6) is -3.43. The van der Waals surface area contributed by atoms with Crippen molar-refractivity contribution in [1.82, 2.24) is 4.90 Å². The quantitative estimate of drug-likeness (QED) is 0.599. The molecule has 1 aromatic carbocycles. The van der Waals surface area contributed by atoms with Crippen LogP contribution in [0, 0.1) is 0 Å². The van der Waals surface area contributed by atoms with Gasteiger partial charge in [0.1, 0.15) is 0 Å². The lowest BCUT2D eigenvalue weighted by atomic mass is 10.2. The molecule has 0 saturated heterocycles. The number of carbonyl (C=O) groups excluding carboxylic acids is 2. The highest BCUT2D eigenvalue weighted by atomic mass is 32.2. The fraction of sp³-hybridized carbons (Fsp3) is 0.385. The summed E-state index contributed by atoms with van der Waals surface area (Å²) in [6, 6.07) is 6.16. The van der Waals surface area contributed by atoms with E-state index in [1.807, 2.05) is 0 Å². The Morgan fingerprint density at radius 3 is 2.60 bits per heavy atom. The van der Waals surface area contributed by atoms with Crippen LogP contribution < -0.4 is 0 Å². The average molecular weight is 303 g/mol. The summed E-state index contributed by atoms with van der Waals surface area (Å²) in [5, 5.41) is 0. The number of benzene rings is 1. The molecule has 0 atom stereocenters. The Hall–Kier alpha value is -1.63. The maximum Gasteiger partial charge on any atom is 0.307 e. The number of nitrogens with zero attached hydrogens (tertiary/aromatic N) is 1.